The van der Waals surface area contributed by atoms with Crippen LogP contribution in [0.5, 0.6) is 0 Å². The quantitative estimate of drug-likeness (QED) is 0.673. The summed E-state index contributed by atoms with van der Waals surface area (Å²) in [6.45, 7) is 0.319. The van der Waals surface area contributed by atoms with Gasteiger partial charge in [-0.15, -0.1) is 0 Å². The van der Waals surface area contributed by atoms with Gasteiger partial charge in [0.2, 0.25) is 0 Å². The van der Waals surface area contributed by atoms with Crippen molar-refractivity contribution >= 4 is 5.82 Å². The molecule has 0 spiro atoms. The number of hydrogen-bond donors (Lipinski definition) is 1. The summed E-state index contributed by atoms with van der Waals surface area (Å²) in [5.74, 6) is 0.394. The molecule has 4 heteroatoms. The number of aliphatic hydroxyl groups is 1. The van der Waals surface area contributed by atoms with E-state index in [1.54, 1.807) is 24.4 Å². The maximum absolute atomic E-state index is 11.1. The summed E-state index contributed by atoms with van der Waals surface area (Å²) in [5.41, 5.74) is 0. The van der Waals surface area contributed by atoms with Crippen molar-refractivity contribution < 1.29 is 5.11 Å². The molecule has 0 saturated carbocycles. The fourth-order valence-corrected chi connectivity index (χ4v) is 0.830. The lowest BCUT2D eigenvalue weighted by Crippen LogP contribution is -2.18. The van der Waals surface area contributed by atoms with Crippen LogP contribution >= 0.6 is 0 Å². The van der Waals surface area contributed by atoms with Gasteiger partial charge in [-0.25, -0.2) is 4.98 Å². The molecule has 0 saturated heterocycles. The van der Waals surface area contributed by atoms with E-state index in [-0.39, 0.29) is 13.2 Å². The number of rotatable bonds is 4. The number of nitrogens with zero attached hydrogens (tertiary/aromatic N) is 2. The van der Waals surface area contributed by atoms with Crippen molar-refractivity contribution in [1.29, 1.82) is 0 Å². The van der Waals surface area contributed by atoms with Crippen molar-refractivity contribution in [3.63, 3.8) is 0 Å². The van der Waals surface area contributed by atoms with Crippen LogP contribution in [0.1, 0.15) is 6.42 Å². The molecule has 1 heterocycles. The minimum Gasteiger partial charge on any atom is -0.757 e. The van der Waals surface area contributed by atoms with Crippen LogP contribution in [0, 0.1) is 5.21 Å². The Labute approximate surface area is 71.0 Å². The zero-order valence-corrected chi connectivity index (χ0v) is 6.68. The van der Waals surface area contributed by atoms with Gasteiger partial charge < -0.3 is 15.4 Å². The van der Waals surface area contributed by atoms with Crippen molar-refractivity contribution in [2.45, 2.75) is 6.42 Å². The van der Waals surface area contributed by atoms with Gasteiger partial charge in [0.1, 0.15) is 5.82 Å². The molecule has 0 amide bonds. The van der Waals surface area contributed by atoms with Crippen LogP contribution in [0.2, 0.25) is 0 Å². The first kappa shape index (κ1) is 8.96. The van der Waals surface area contributed by atoms with Gasteiger partial charge in [0.15, 0.2) is 0 Å². The summed E-state index contributed by atoms with van der Waals surface area (Å²) in [6, 6.07) is 5.15. The highest BCUT2D eigenvalue weighted by Gasteiger charge is 1.93. The Morgan fingerprint density at radius 1 is 1.50 bits per heavy atom. The average molecular weight is 167 g/mol. The lowest BCUT2D eigenvalue weighted by atomic mass is 10.4. The third kappa shape index (κ3) is 2.48. The molecule has 0 bridgehead atoms. The SMILES string of the molecule is [O-]N(CCCO)c1ccccn1. The zero-order chi connectivity index (χ0) is 8.81. The Bertz CT molecular complexity index is 216. The predicted octanol–water partition coefficient (Wildman–Crippen LogP) is 0.768. The molecule has 12 heavy (non-hydrogen) atoms. The van der Waals surface area contributed by atoms with Gasteiger partial charge in [-0.2, -0.15) is 0 Å². The van der Waals surface area contributed by atoms with Crippen LogP contribution in [-0.4, -0.2) is 23.2 Å². The number of pyridine rings is 1. The van der Waals surface area contributed by atoms with E-state index in [0.717, 1.165) is 5.06 Å². The Hall–Kier alpha value is -1.13. The molecule has 4 nitrogen and oxygen atoms in total. The smallest absolute Gasteiger partial charge is 0.117 e. The second-order valence-electron chi connectivity index (χ2n) is 2.37. The third-order valence-electron chi connectivity index (χ3n) is 1.42. The Kier molecular flexibility index (Phi) is 3.50. The molecule has 1 aromatic rings. The van der Waals surface area contributed by atoms with E-state index in [1.807, 2.05) is 0 Å². The van der Waals surface area contributed by atoms with Gasteiger partial charge in [-0.05, 0) is 18.6 Å². The summed E-state index contributed by atoms with van der Waals surface area (Å²) >= 11 is 0. The lowest BCUT2D eigenvalue weighted by molar-refractivity contribution is 0.290. The molecule has 1 N–H and O–H groups in total. The van der Waals surface area contributed by atoms with Gasteiger partial charge in [0.25, 0.3) is 0 Å². The normalized spacial score (nSPS) is 9.83. The second kappa shape index (κ2) is 4.69. The van der Waals surface area contributed by atoms with Crippen LogP contribution < -0.4 is 5.06 Å². The van der Waals surface area contributed by atoms with E-state index in [0.29, 0.717) is 12.2 Å². The minimum absolute atomic E-state index is 0.0333. The molecule has 66 valence electrons. The van der Waals surface area contributed by atoms with E-state index in [4.69, 9.17) is 5.11 Å². The highest BCUT2D eigenvalue weighted by Crippen LogP contribution is 2.06. The molecule has 0 aromatic carbocycles. The van der Waals surface area contributed by atoms with Crippen LogP contribution in [0.4, 0.5) is 5.82 Å². The maximum atomic E-state index is 11.1. The fourth-order valence-electron chi connectivity index (χ4n) is 0.830. The van der Waals surface area contributed by atoms with Crippen LogP contribution in [-0.2, 0) is 0 Å². The lowest BCUT2D eigenvalue weighted by Gasteiger charge is -2.28. The van der Waals surface area contributed by atoms with Gasteiger partial charge in [0, 0.05) is 19.3 Å². The van der Waals surface area contributed by atoms with E-state index in [1.165, 1.54) is 0 Å². The molecule has 0 unspecified atom stereocenters. The van der Waals surface area contributed by atoms with Crippen LogP contribution in [0.15, 0.2) is 24.4 Å². The summed E-state index contributed by atoms with van der Waals surface area (Å²) in [6.07, 6.45) is 2.04. The molecule has 0 atom stereocenters. The number of hydrogen-bond acceptors (Lipinski definition) is 4. The van der Waals surface area contributed by atoms with Crippen LogP contribution in [0.3, 0.4) is 0 Å². The Morgan fingerprint density at radius 3 is 2.92 bits per heavy atom. The molecule has 0 radical (unpaired) electrons. The maximum Gasteiger partial charge on any atom is 0.117 e. The fraction of sp³-hybridized carbons (Fsp3) is 0.375. The van der Waals surface area contributed by atoms with Crippen molar-refractivity contribution in [2.24, 2.45) is 0 Å². The zero-order valence-electron chi connectivity index (χ0n) is 6.68. The number of anilines is 1. The molecule has 0 fully saturated rings. The van der Waals surface area contributed by atoms with E-state index >= 15 is 0 Å². The summed E-state index contributed by atoms with van der Waals surface area (Å²) in [7, 11) is 0. The highest BCUT2D eigenvalue weighted by molar-refractivity contribution is 5.38. The van der Waals surface area contributed by atoms with Crippen molar-refractivity contribution in [3.05, 3.63) is 29.6 Å². The van der Waals surface area contributed by atoms with Gasteiger partial charge in [-0.3, -0.25) is 0 Å². The van der Waals surface area contributed by atoms with E-state index in [9.17, 15) is 5.21 Å². The van der Waals surface area contributed by atoms with Gasteiger partial charge in [-0.1, -0.05) is 6.07 Å². The number of aromatic nitrogens is 1. The molecular formula is C8H11N2O2-. The van der Waals surface area contributed by atoms with Crippen molar-refractivity contribution in [1.82, 2.24) is 4.98 Å². The largest absolute Gasteiger partial charge is 0.757 e. The van der Waals surface area contributed by atoms with E-state index in [2.05, 4.69) is 4.98 Å². The van der Waals surface area contributed by atoms with Crippen LogP contribution in [0.25, 0.3) is 0 Å². The monoisotopic (exact) mass is 167 g/mol. The van der Waals surface area contributed by atoms with Crippen molar-refractivity contribution in [3.8, 4) is 0 Å². The first-order chi connectivity index (χ1) is 5.84. The molecule has 0 aliphatic heterocycles. The summed E-state index contributed by atoms with van der Waals surface area (Å²) < 4.78 is 0. The first-order valence-electron chi connectivity index (χ1n) is 3.81. The van der Waals surface area contributed by atoms with Gasteiger partial charge >= 0.3 is 0 Å². The van der Waals surface area contributed by atoms with Gasteiger partial charge in [0.05, 0.1) is 0 Å². The minimum atomic E-state index is 0.0333. The molecule has 0 aliphatic carbocycles. The van der Waals surface area contributed by atoms with Crippen molar-refractivity contribution in [2.75, 3.05) is 18.2 Å². The molecule has 1 aromatic heterocycles. The summed E-state index contributed by atoms with van der Waals surface area (Å²) in [5, 5.41) is 20.4. The predicted molar refractivity (Wildman–Crippen MR) is 46.7 cm³/mol. The Morgan fingerprint density at radius 2 is 2.33 bits per heavy atom. The average Bonchev–Trinajstić information content (AvgIpc) is 2.15. The topological polar surface area (TPSA) is 59.4 Å². The highest BCUT2D eigenvalue weighted by atomic mass is 16.5. The first-order valence-corrected chi connectivity index (χ1v) is 3.81. The number of aliphatic hydroxyl groups excluding tert-OH is 1. The standard InChI is InChI=1S/C8H11N2O2/c11-7-3-6-10(12)8-4-1-2-5-9-8/h1-2,4-5,11H,3,6-7H2/q-1. The molecule has 1 rings (SSSR count). The van der Waals surface area contributed by atoms with E-state index < -0.39 is 0 Å². The third-order valence-corrected chi connectivity index (χ3v) is 1.42. The Balaban J connectivity index is 2.48. The molecular weight excluding hydrogens is 156 g/mol. The second-order valence-corrected chi connectivity index (χ2v) is 2.37. The summed E-state index contributed by atoms with van der Waals surface area (Å²) in [4.78, 5) is 3.86. The number of hydroxylamine groups is 1. The molecule has 0 aliphatic rings.